The van der Waals surface area contributed by atoms with Gasteiger partial charge in [-0.1, -0.05) is 26.0 Å². The van der Waals surface area contributed by atoms with Gasteiger partial charge in [0.05, 0.1) is 14.2 Å². The van der Waals surface area contributed by atoms with Gasteiger partial charge in [-0.3, -0.25) is 0 Å². The van der Waals surface area contributed by atoms with Crippen molar-refractivity contribution < 1.29 is 14.3 Å². The van der Waals surface area contributed by atoms with Gasteiger partial charge in [-0.2, -0.15) is 0 Å². The maximum atomic E-state index is 11.8. The second-order valence-corrected chi connectivity index (χ2v) is 4.42. The number of hydrogen-bond acceptors (Lipinski definition) is 4. The number of hydrogen-bond donors (Lipinski definition) is 1. The van der Waals surface area contributed by atoms with Crippen molar-refractivity contribution in [1.82, 2.24) is 5.32 Å². The number of rotatable bonds is 3. The van der Waals surface area contributed by atoms with E-state index < -0.39 is 0 Å². The average Bonchev–Trinajstić information content (AvgIpc) is 2.84. The van der Waals surface area contributed by atoms with E-state index >= 15 is 0 Å². The summed E-state index contributed by atoms with van der Waals surface area (Å²) in [7, 11) is 2.93. The van der Waals surface area contributed by atoms with E-state index in [9.17, 15) is 4.79 Å². The van der Waals surface area contributed by atoms with Crippen LogP contribution in [0.4, 0.5) is 0 Å². The zero-order chi connectivity index (χ0) is 15.7. The second kappa shape index (κ2) is 9.19. The predicted molar refractivity (Wildman–Crippen MR) is 85.8 cm³/mol. The van der Waals surface area contributed by atoms with Crippen molar-refractivity contribution >= 4 is 11.5 Å². The summed E-state index contributed by atoms with van der Waals surface area (Å²) in [5, 5.41) is 3.35. The minimum Gasteiger partial charge on any atom is -0.496 e. The van der Waals surface area contributed by atoms with Crippen LogP contribution in [-0.2, 0) is 4.74 Å². The first kappa shape index (κ1) is 17.2. The first-order valence-corrected chi connectivity index (χ1v) is 7.42. The summed E-state index contributed by atoms with van der Waals surface area (Å²) >= 11 is 0. The third kappa shape index (κ3) is 4.60. The minimum absolute atomic E-state index is 0.369. The summed E-state index contributed by atoms with van der Waals surface area (Å²) in [6, 6.07) is 5.66. The van der Waals surface area contributed by atoms with Crippen LogP contribution in [0.5, 0.6) is 5.75 Å². The van der Waals surface area contributed by atoms with Gasteiger partial charge in [-0.05, 0) is 49.2 Å². The molecule has 1 N–H and O–H groups in total. The molecule has 1 aliphatic rings. The molecule has 2 rings (SSSR count). The van der Waals surface area contributed by atoms with Crippen molar-refractivity contribution in [2.75, 3.05) is 27.3 Å². The van der Waals surface area contributed by atoms with Gasteiger partial charge in [0.1, 0.15) is 11.3 Å². The third-order valence-corrected chi connectivity index (χ3v) is 3.26. The van der Waals surface area contributed by atoms with Crippen LogP contribution < -0.4 is 10.1 Å². The van der Waals surface area contributed by atoms with Gasteiger partial charge in [0.25, 0.3) is 0 Å². The number of carbonyl (C=O) groups is 1. The van der Waals surface area contributed by atoms with Crippen LogP contribution in [0.15, 0.2) is 24.3 Å². The van der Waals surface area contributed by atoms with Crippen LogP contribution in [0, 0.1) is 0 Å². The van der Waals surface area contributed by atoms with Crippen LogP contribution in [0.3, 0.4) is 0 Å². The lowest BCUT2D eigenvalue weighted by molar-refractivity contribution is 0.0597. The van der Waals surface area contributed by atoms with Crippen LogP contribution in [0.1, 0.15) is 42.6 Å². The highest BCUT2D eigenvalue weighted by Crippen LogP contribution is 2.27. The fraction of sp³-hybridized carbons (Fsp3) is 0.471. The first-order chi connectivity index (χ1) is 10.3. The van der Waals surface area contributed by atoms with Gasteiger partial charge in [-0.25, -0.2) is 4.79 Å². The molecular weight excluding hydrogens is 266 g/mol. The highest BCUT2D eigenvalue weighted by atomic mass is 16.5. The molecule has 0 amide bonds. The number of esters is 1. The van der Waals surface area contributed by atoms with E-state index in [-0.39, 0.29) is 5.97 Å². The molecule has 0 aromatic heterocycles. The van der Waals surface area contributed by atoms with Crippen molar-refractivity contribution in [3.8, 4) is 5.75 Å². The lowest BCUT2D eigenvalue weighted by Gasteiger charge is -2.11. The molecule has 1 aromatic rings. The van der Waals surface area contributed by atoms with E-state index in [0.717, 1.165) is 31.5 Å². The van der Waals surface area contributed by atoms with E-state index in [0.29, 0.717) is 11.3 Å². The van der Waals surface area contributed by atoms with Crippen molar-refractivity contribution in [2.45, 2.75) is 26.7 Å². The van der Waals surface area contributed by atoms with E-state index in [1.807, 2.05) is 32.0 Å². The SMILES string of the molecule is CC.COC(=O)c1cc(C2=CCCNCC2)ccc1OC. The fourth-order valence-electron chi connectivity index (χ4n) is 2.24. The monoisotopic (exact) mass is 291 g/mol. The van der Waals surface area contributed by atoms with Crippen LogP contribution in [-0.4, -0.2) is 33.3 Å². The summed E-state index contributed by atoms with van der Waals surface area (Å²) in [4.78, 5) is 11.8. The Hall–Kier alpha value is -1.81. The van der Waals surface area contributed by atoms with Crippen LogP contribution in [0.25, 0.3) is 5.57 Å². The van der Waals surface area contributed by atoms with Crippen LogP contribution >= 0.6 is 0 Å². The third-order valence-electron chi connectivity index (χ3n) is 3.26. The zero-order valence-corrected chi connectivity index (χ0v) is 13.4. The molecule has 4 heteroatoms. The molecule has 4 nitrogen and oxygen atoms in total. The average molecular weight is 291 g/mol. The highest BCUT2D eigenvalue weighted by Gasteiger charge is 2.15. The predicted octanol–water partition coefficient (Wildman–Crippen LogP) is 3.27. The summed E-state index contributed by atoms with van der Waals surface area (Å²) < 4.78 is 10.00. The minimum atomic E-state index is -0.369. The molecule has 0 unspecified atom stereocenters. The maximum Gasteiger partial charge on any atom is 0.341 e. The largest absolute Gasteiger partial charge is 0.496 e. The van der Waals surface area contributed by atoms with Gasteiger partial charge >= 0.3 is 5.97 Å². The fourth-order valence-corrected chi connectivity index (χ4v) is 2.24. The molecule has 0 atom stereocenters. The number of nitrogens with one attached hydrogen (secondary N) is 1. The first-order valence-electron chi connectivity index (χ1n) is 7.42. The normalized spacial score (nSPS) is 14.2. The standard InChI is InChI=1S/C15H19NO3.C2H6/c1-18-14-6-5-12(10-13(14)15(17)19-2)11-4-3-8-16-9-7-11;1-2/h4-6,10,16H,3,7-9H2,1-2H3;1-2H3. The molecule has 1 aromatic carbocycles. The highest BCUT2D eigenvalue weighted by molar-refractivity contribution is 5.93. The Balaban J connectivity index is 0.00000106. The summed E-state index contributed by atoms with van der Waals surface area (Å²) in [6.45, 7) is 5.97. The van der Waals surface area contributed by atoms with E-state index in [2.05, 4.69) is 11.4 Å². The lowest BCUT2D eigenvalue weighted by Crippen LogP contribution is -2.13. The lowest BCUT2D eigenvalue weighted by atomic mass is 9.99. The number of benzene rings is 1. The summed E-state index contributed by atoms with van der Waals surface area (Å²) in [6.07, 6.45) is 4.20. The van der Waals surface area contributed by atoms with Gasteiger partial charge in [0, 0.05) is 0 Å². The Bertz CT molecular complexity index is 495. The molecule has 21 heavy (non-hydrogen) atoms. The Morgan fingerprint density at radius 3 is 2.62 bits per heavy atom. The van der Waals surface area contributed by atoms with E-state index in [4.69, 9.17) is 9.47 Å². The molecule has 0 saturated carbocycles. The Morgan fingerprint density at radius 1 is 1.19 bits per heavy atom. The quantitative estimate of drug-likeness (QED) is 0.868. The molecule has 0 aliphatic carbocycles. The zero-order valence-electron chi connectivity index (χ0n) is 13.4. The Morgan fingerprint density at radius 2 is 1.95 bits per heavy atom. The van der Waals surface area contributed by atoms with Crippen molar-refractivity contribution in [2.24, 2.45) is 0 Å². The molecule has 1 heterocycles. The van der Waals surface area contributed by atoms with Gasteiger partial charge in [0.2, 0.25) is 0 Å². The maximum absolute atomic E-state index is 11.8. The number of methoxy groups -OCH3 is 2. The Labute approximate surface area is 127 Å². The molecular formula is C17H25NO3. The van der Waals surface area contributed by atoms with Gasteiger partial charge in [0.15, 0.2) is 0 Å². The number of ether oxygens (including phenoxy) is 2. The summed E-state index contributed by atoms with van der Waals surface area (Å²) in [5.74, 6) is 0.175. The van der Waals surface area contributed by atoms with Gasteiger partial charge in [-0.15, -0.1) is 0 Å². The molecule has 0 bridgehead atoms. The molecule has 0 saturated heterocycles. The van der Waals surface area contributed by atoms with Gasteiger partial charge < -0.3 is 14.8 Å². The van der Waals surface area contributed by atoms with Crippen molar-refractivity contribution in [3.05, 3.63) is 35.4 Å². The Kier molecular flexibility index (Phi) is 7.54. The molecule has 1 aliphatic heterocycles. The summed E-state index contributed by atoms with van der Waals surface area (Å²) in [5.41, 5.74) is 2.79. The molecule has 0 radical (unpaired) electrons. The molecule has 116 valence electrons. The molecule has 0 spiro atoms. The van der Waals surface area contributed by atoms with Crippen molar-refractivity contribution in [1.29, 1.82) is 0 Å². The second-order valence-electron chi connectivity index (χ2n) is 4.42. The smallest absolute Gasteiger partial charge is 0.341 e. The van der Waals surface area contributed by atoms with Crippen LogP contribution in [0.2, 0.25) is 0 Å². The van der Waals surface area contributed by atoms with E-state index in [1.54, 1.807) is 7.11 Å². The molecule has 0 fully saturated rings. The van der Waals surface area contributed by atoms with E-state index in [1.165, 1.54) is 12.7 Å². The van der Waals surface area contributed by atoms with Crippen molar-refractivity contribution in [3.63, 3.8) is 0 Å². The number of carbonyl (C=O) groups excluding carboxylic acids is 1. The topological polar surface area (TPSA) is 47.6 Å².